The van der Waals surface area contributed by atoms with Crippen LogP contribution in [0.25, 0.3) is 0 Å². The van der Waals surface area contributed by atoms with Gasteiger partial charge in [0.25, 0.3) is 0 Å². The van der Waals surface area contributed by atoms with E-state index in [0.29, 0.717) is 0 Å². The first-order chi connectivity index (χ1) is 8.24. The van der Waals surface area contributed by atoms with E-state index in [1.165, 1.54) is 5.56 Å². The summed E-state index contributed by atoms with van der Waals surface area (Å²) in [6.45, 7) is 3.62. The molecule has 94 valence electrons. The van der Waals surface area contributed by atoms with Gasteiger partial charge >= 0.3 is 6.03 Å². The van der Waals surface area contributed by atoms with Crippen LogP contribution in [-0.2, 0) is 6.42 Å². The number of hydrogen-bond donors (Lipinski definition) is 1. The van der Waals surface area contributed by atoms with Gasteiger partial charge in [0.1, 0.15) is 0 Å². The Labute approximate surface area is 104 Å². The van der Waals surface area contributed by atoms with Gasteiger partial charge in [0.05, 0.1) is 0 Å². The molecule has 1 N–H and O–H groups in total. The first-order valence-corrected chi connectivity index (χ1v) is 6.27. The lowest BCUT2D eigenvalue weighted by Gasteiger charge is -2.16. The lowest BCUT2D eigenvalue weighted by atomic mass is 10.1. The third kappa shape index (κ3) is 5.38. The van der Waals surface area contributed by atoms with E-state index in [1.54, 1.807) is 4.90 Å². The van der Waals surface area contributed by atoms with E-state index in [0.717, 1.165) is 32.4 Å². The van der Waals surface area contributed by atoms with Crippen molar-refractivity contribution in [3.05, 3.63) is 35.9 Å². The van der Waals surface area contributed by atoms with Crippen LogP contribution in [0.5, 0.6) is 0 Å². The molecule has 1 aromatic rings. The number of urea groups is 1. The number of hydrogen-bond acceptors (Lipinski definition) is 1. The van der Waals surface area contributed by atoms with E-state index in [9.17, 15) is 4.79 Å². The summed E-state index contributed by atoms with van der Waals surface area (Å²) in [5.41, 5.74) is 1.32. The molecule has 0 atom stereocenters. The van der Waals surface area contributed by atoms with E-state index in [-0.39, 0.29) is 6.03 Å². The maximum atomic E-state index is 11.6. The summed E-state index contributed by atoms with van der Waals surface area (Å²) in [6, 6.07) is 10.4. The smallest absolute Gasteiger partial charge is 0.317 e. The number of aryl methyl sites for hydroxylation is 1. The largest absolute Gasteiger partial charge is 0.338 e. The average Bonchev–Trinajstić information content (AvgIpc) is 2.36. The highest BCUT2D eigenvalue weighted by molar-refractivity contribution is 5.73. The Bertz CT molecular complexity index is 324. The lowest BCUT2D eigenvalue weighted by molar-refractivity contribution is 0.209. The van der Waals surface area contributed by atoms with E-state index < -0.39 is 0 Å². The minimum Gasteiger partial charge on any atom is -0.338 e. The average molecular weight is 234 g/mol. The van der Waals surface area contributed by atoms with Crippen molar-refractivity contribution >= 4 is 6.03 Å². The van der Waals surface area contributed by atoms with Gasteiger partial charge in [-0.1, -0.05) is 37.3 Å². The van der Waals surface area contributed by atoms with E-state index >= 15 is 0 Å². The van der Waals surface area contributed by atoms with Crippen LogP contribution in [0.4, 0.5) is 4.79 Å². The van der Waals surface area contributed by atoms with Crippen molar-refractivity contribution in [2.24, 2.45) is 0 Å². The number of amides is 2. The number of benzene rings is 1. The Kier molecular flexibility index (Phi) is 6.15. The van der Waals surface area contributed by atoms with Gasteiger partial charge < -0.3 is 10.2 Å². The highest BCUT2D eigenvalue weighted by atomic mass is 16.2. The van der Waals surface area contributed by atoms with E-state index in [4.69, 9.17) is 0 Å². The maximum absolute atomic E-state index is 11.6. The van der Waals surface area contributed by atoms with Crippen LogP contribution in [0.1, 0.15) is 25.3 Å². The zero-order chi connectivity index (χ0) is 12.5. The molecule has 0 aliphatic rings. The predicted molar refractivity (Wildman–Crippen MR) is 71.1 cm³/mol. The fourth-order valence-electron chi connectivity index (χ4n) is 1.70. The highest BCUT2D eigenvalue weighted by Gasteiger charge is 2.05. The van der Waals surface area contributed by atoms with Gasteiger partial charge in [0.15, 0.2) is 0 Å². The molecule has 17 heavy (non-hydrogen) atoms. The van der Waals surface area contributed by atoms with Crippen molar-refractivity contribution in [3.8, 4) is 0 Å². The van der Waals surface area contributed by atoms with Crippen LogP contribution in [0.2, 0.25) is 0 Å². The number of nitrogens with zero attached hydrogens (tertiary/aromatic N) is 1. The van der Waals surface area contributed by atoms with Gasteiger partial charge in [-0.25, -0.2) is 4.79 Å². The molecule has 2 amide bonds. The molecule has 0 aliphatic heterocycles. The van der Waals surface area contributed by atoms with Crippen molar-refractivity contribution in [1.29, 1.82) is 0 Å². The standard InChI is InChI=1S/C14H22N2O/c1-3-12-16(2)14(17)15-11-7-10-13-8-5-4-6-9-13/h4-6,8-9H,3,7,10-12H2,1-2H3,(H,15,17). The topological polar surface area (TPSA) is 32.3 Å². The maximum Gasteiger partial charge on any atom is 0.317 e. The fourth-order valence-corrected chi connectivity index (χ4v) is 1.70. The Morgan fingerprint density at radius 1 is 1.29 bits per heavy atom. The molecule has 0 aliphatic carbocycles. The first-order valence-electron chi connectivity index (χ1n) is 6.27. The van der Waals surface area contributed by atoms with Gasteiger partial charge in [-0.3, -0.25) is 0 Å². The zero-order valence-corrected chi connectivity index (χ0v) is 10.8. The van der Waals surface area contributed by atoms with Crippen molar-refractivity contribution < 1.29 is 4.79 Å². The molecule has 0 unspecified atom stereocenters. The van der Waals surface area contributed by atoms with Gasteiger partial charge in [-0.2, -0.15) is 0 Å². The molecule has 3 nitrogen and oxygen atoms in total. The van der Waals surface area contributed by atoms with Gasteiger partial charge in [0.2, 0.25) is 0 Å². The summed E-state index contributed by atoms with van der Waals surface area (Å²) >= 11 is 0. The summed E-state index contributed by atoms with van der Waals surface area (Å²) in [6.07, 6.45) is 2.99. The molecular formula is C14H22N2O. The van der Waals surface area contributed by atoms with E-state index in [2.05, 4.69) is 24.4 Å². The molecule has 0 fully saturated rings. The fraction of sp³-hybridized carbons (Fsp3) is 0.500. The Morgan fingerprint density at radius 3 is 2.65 bits per heavy atom. The van der Waals surface area contributed by atoms with Crippen molar-refractivity contribution in [3.63, 3.8) is 0 Å². The van der Waals surface area contributed by atoms with Crippen LogP contribution in [0.15, 0.2) is 30.3 Å². The van der Waals surface area contributed by atoms with Gasteiger partial charge in [-0.05, 0) is 24.8 Å². The number of nitrogens with one attached hydrogen (secondary N) is 1. The number of rotatable bonds is 6. The van der Waals surface area contributed by atoms with Crippen molar-refractivity contribution in [2.75, 3.05) is 20.1 Å². The third-order valence-electron chi connectivity index (χ3n) is 2.67. The van der Waals surface area contributed by atoms with Crippen LogP contribution in [-0.4, -0.2) is 31.1 Å². The SMILES string of the molecule is CCCN(C)C(=O)NCCCc1ccccc1. The van der Waals surface area contributed by atoms with Crippen molar-refractivity contribution in [1.82, 2.24) is 10.2 Å². The Morgan fingerprint density at radius 2 is 2.00 bits per heavy atom. The molecule has 0 spiro atoms. The van der Waals surface area contributed by atoms with Gasteiger partial charge in [0, 0.05) is 20.1 Å². The van der Waals surface area contributed by atoms with Gasteiger partial charge in [-0.15, -0.1) is 0 Å². The second-order valence-corrected chi connectivity index (χ2v) is 4.24. The monoisotopic (exact) mass is 234 g/mol. The van der Waals surface area contributed by atoms with Crippen LogP contribution < -0.4 is 5.32 Å². The van der Waals surface area contributed by atoms with Crippen LogP contribution in [0.3, 0.4) is 0 Å². The molecule has 0 radical (unpaired) electrons. The molecule has 1 aromatic carbocycles. The molecule has 0 aromatic heterocycles. The molecule has 0 heterocycles. The molecule has 1 rings (SSSR count). The molecule has 0 saturated heterocycles. The summed E-state index contributed by atoms with van der Waals surface area (Å²) in [4.78, 5) is 13.3. The molecule has 0 bridgehead atoms. The molecule has 0 saturated carbocycles. The summed E-state index contributed by atoms with van der Waals surface area (Å²) < 4.78 is 0. The minimum absolute atomic E-state index is 0.0277. The molecular weight excluding hydrogens is 212 g/mol. The second kappa shape index (κ2) is 7.71. The predicted octanol–water partition coefficient (Wildman–Crippen LogP) is 2.67. The number of carbonyl (C=O) groups excluding carboxylic acids is 1. The summed E-state index contributed by atoms with van der Waals surface area (Å²) in [5, 5.41) is 2.92. The van der Waals surface area contributed by atoms with Crippen LogP contribution in [0, 0.1) is 0 Å². The lowest BCUT2D eigenvalue weighted by Crippen LogP contribution is -2.38. The quantitative estimate of drug-likeness (QED) is 0.754. The van der Waals surface area contributed by atoms with Crippen molar-refractivity contribution in [2.45, 2.75) is 26.2 Å². The Hall–Kier alpha value is -1.51. The number of carbonyl (C=O) groups is 1. The third-order valence-corrected chi connectivity index (χ3v) is 2.67. The molecule has 3 heteroatoms. The normalized spacial score (nSPS) is 10.0. The zero-order valence-electron chi connectivity index (χ0n) is 10.8. The summed E-state index contributed by atoms with van der Waals surface area (Å²) in [5.74, 6) is 0. The van der Waals surface area contributed by atoms with Crippen LogP contribution >= 0.6 is 0 Å². The second-order valence-electron chi connectivity index (χ2n) is 4.24. The minimum atomic E-state index is 0.0277. The summed E-state index contributed by atoms with van der Waals surface area (Å²) in [7, 11) is 1.83. The van der Waals surface area contributed by atoms with E-state index in [1.807, 2.05) is 25.2 Å². The first kappa shape index (κ1) is 13.6. The Balaban J connectivity index is 2.14. The highest BCUT2D eigenvalue weighted by Crippen LogP contribution is 2.01.